The van der Waals surface area contributed by atoms with Gasteiger partial charge in [0.1, 0.15) is 6.10 Å². The Kier molecular flexibility index (Phi) is 6.12. The first-order valence-electron chi connectivity index (χ1n) is 4.91. The number of ketones is 1. The van der Waals surface area contributed by atoms with Crippen LogP contribution in [-0.2, 0) is 9.59 Å². The Morgan fingerprint density at radius 2 is 1.86 bits per heavy atom. The minimum absolute atomic E-state index is 0.0788. The zero-order valence-corrected chi connectivity index (χ0v) is 8.69. The number of hydrogen-bond donors (Lipinski definition) is 2. The van der Waals surface area contributed by atoms with Crippen LogP contribution < -0.4 is 0 Å². The highest BCUT2D eigenvalue weighted by Crippen LogP contribution is 2.13. The molecule has 2 N–H and O–H groups in total. The van der Waals surface area contributed by atoms with Crippen molar-refractivity contribution < 1.29 is 19.8 Å². The SMILES string of the molecule is CCCC(C)C(O)C(=O)CCC(=O)O. The van der Waals surface area contributed by atoms with Gasteiger partial charge in [-0.05, 0) is 12.3 Å². The van der Waals surface area contributed by atoms with E-state index in [1.165, 1.54) is 0 Å². The summed E-state index contributed by atoms with van der Waals surface area (Å²) in [5.41, 5.74) is 0. The van der Waals surface area contributed by atoms with Gasteiger partial charge in [-0.2, -0.15) is 0 Å². The number of aliphatic carboxylic acids is 1. The molecule has 0 saturated heterocycles. The number of aliphatic hydroxyl groups excluding tert-OH is 1. The van der Waals surface area contributed by atoms with E-state index in [1.54, 1.807) is 6.92 Å². The van der Waals surface area contributed by atoms with Crippen molar-refractivity contribution in [3.63, 3.8) is 0 Å². The Morgan fingerprint density at radius 1 is 1.29 bits per heavy atom. The van der Waals surface area contributed by atoms with Gasteiger partial charge in [-0.15, -0.1) is 0 Å². The summed E-state index contributed by atoms with van der Waals surface area (Å²) in [5.74, 6) is -1.46. The predicted molar refractivity (Wildman–Crippen MR) is 52.0 cm³/mol. The Morgan fingerprint density at radius 3 is 2.29 bits per heavy atom. The molecule has 14 heavy (non-hydrogen) atoms. The molecule has 0 radical (unpaired) electrons. The molecule has 0 bridgehead atoms. The molecule has 0 aromatic heterocycles. The van der Waals surface area contributed by atoms with Gasteiger partial charge in [0.05, 0.1) is 6.42 Å². The summed E-state index contributed by atoms with van der Waals surface area (Å²) in [4.78, 5) is 21.4. The highest BCUT2D eigenvalue weighted by atomic mass is 16.4. The lowest BCUT2D eigenvalue weighted by Crippen LogP contribution is -2.28. The maximum atomic E-state index is 11.3. The molecule has 0 rings (SSSR count). The molecule has 0 aromatic rings. The van der Waals surface area contributed by atoms with Crippen molar-refractivity contribution in [1.82, 2.24) is 0 Å². The van der Waals surface area contributed by atoms with E-state index in [4.69, 9.17) is 5.11 Å². The summed E-state index contributed by atoms with van der Waals surface area (Å²) < 4.78 is 0. The van der Waals surface area contributed by atoms with Gasteiger partial charge in [-0.3, -0.25) is 9.59 Å². The van der Waals surface area contributed by atoms with Crippen molar-refractivity contribution in [3.05, 3.63) is 0 Å². The number of carbonyl (C=O) groups excluding carboxylic acids is 1. The Balaban J connectivity index is 3.91. The van der Waals surface area contributed by atoms with Crippen LogP contribution in [0.25, 0.3) is 0 Å². The first kappa shape index (κ1) is 13.1. The third-order valence-corrected chi connectivity index (χ3v) is 2.20. The average molecular weight is 202 g/mol. The molecule has 4 nitrogen and oxygen atoms in total. The zero-order chi connectivity index (χ0) is 11.1. The Hall–Kier alpha value is -0.900. The fourth-order valence-corrected chi connectivity index (χ4v) is 1.31. The second-order valence-electron chi connectivity index (χ2n) is 3.57. The molecule has 0 spiro atoms. The number of carboxylic acid groups (broad SMARTS) is 1. The van der Waals surface area contributed by atoms with Crippen molar-refractivity contribution in [1.29, 1.82) is 0 Å². The highest BCUT2D eigenvalue weighted by Gasteiger charge is 2.21. The van der Waals surface area contributed by atoms with Crippen LogP contribution in [0, 0.1) is 5.92 Å². The lowest BCUT2D eigenvalue weighted by molar-refractivity contribution is -0.140. The van der Waals surface area contributed by atoms with Gasteiger partial charge in [0.2, 0.25) is 0 Å². The molecule has 2 atom stereocenters. The fraction of sp³-hybridized carbons (Fsp3) is 0.800. The predicted octanol–water partition coefficient (Wildman–Crippen LogP) is 1.22. The van der Waals surface area contributed by atoms with E-state index in [0.717, 1.165) is 12.8 Å². The summed E-state index contributed by atoms with van der Waals surface area (Å²) in [7, 11) is 0. The molecule has 0 fully saturated rings. The summed E-state index contributed by atoms with van der Waals surface area (Å²) in [6.45, 7) is 3.78. The smallest absolute Gasteiger partial charge is 0.303 e. The number of hydrogen-bond acceptors (Lipinski definition) is 3. The molecule has 0 aliphatic rings. The Bertz CT molecular complexity index is 200. The van der Waals surface area contributed by atoms with E-state index < -0.39 is 12.1 Å². The van der Waals surface area contributed by atoms with Crippen molar-refractivity contribution in [2.24, 2.45) is 5.92 Å². The summed E-state index contributed by atoms with van der Waals surface area (Å²) >= 11 is 0. The van der Waals surface area contributed by atoms with Crippen molar-refractivity contribution in [2.75, 3.05) is 0 Å². The zero-order valence-electron chi connectivity index (χ0n) is 8.69. The normalized spacial score (nSPS) is 14.8. The minimum Gasteiger partial charge on any atom is -0.481 e. The van der Waals surface area contributed by atoms with Gasteiger partial charge in [0.25, 0.3) is 0 Å². The summed E-state index contributed by atoms with van der Waals surface area (Å²) in [5, 5.41) is 17.8. The van der Waals surface area contributed by atoms with Gasteiger partial charge < -0.3 is 10.2 Å². The van der Waals surface area contributed by atoms with Gasteiger partial charge >= 0.3 is 5.97 Å². The molecule has 4 heteroatoms. The number of carboxylic acids is 1. The number of aliphatic hydroxyl groups is 1. The van der Waals surface area contributed by atoms with Crippen LogP contribution in [0.2, 0.25) is 0 Å². The van der Waals surface area contributed by atoms with Crippen LogP contribution in [0.5, 0.6) is 0 Å². The summed E-state index contributed by atoms with van der Waals surface area (Å²) in [6, 6.07) is 0. The first-order chi connectivity index (χ1) is 6.49. The van der Waals surface area contributed by atoms with Crippen molar-refractivity contribution in [3.8, 4) is 0 Å². The maximum Gasteiger partial charge on any atom is 0.303 e. The van der Waals surface area contributed by atoms with Crippen LogP contribution in [0.3, 0.4) is 0 Å². The number of rotatable bonds is 7. The van der Waals surface area contributed by atoms with Gasteiger partial charge in [-0.25, -0.2) is 0 Å². The van der Waals surface area contributed by atoms with Crippen LogP contribution in [0.1, 0.15) is 39.5 Å². The molecular formula is C10H18O4. The van der Waals surface area contributed by atoms with Gasteiger partial charge in [0.15, 0.2) is 5.78 Å². The number of carbonyl (C=O) groups is 2. The molecule has 0 heterocycles. The van der Waals surface area contributed by atoms with E-state index in [2.05, 4.69) is 0 Å². The van der Waals surface area contributed by atoms with E-state index in [9.17, 15) is 14.7 Å². The molecule has 0 amide bonds. The third kappa shape index (κ3) is 4.97. The second kappa shape index (κ2) is 6.54. The molecule has 0 aliphatic carbocycles. The first-order valence-corrected chi connectivity index (χ1v) is 4.91. The van der Waals surface area contributed by atoms with Crippen LogP contribution in [0.15, 0.2) is 0 Å². The summed E-state index contributed by atoms with van der Waals surface area (Å²) in [6.07, 6.45) is 0.401. The van der Waals surface area contributed by atoms with E-state index >= 15 is 0 Å². The van der Waals surface area contributed by atoms with Gasteiger partial charge in [-0.1, -0.05) is 20.3 Å². The largest absolute Gasteiger partial charge is 0.481 e. The topological polar surface area (TPSA) is 74.6 Å². The van der Waals surface area contributed by atoms with Crippen LogP contribution >= 0.6 is 0 Å². The molecule has 2 unspecified atom stereocenters. The van der Waals surface area contributed by atoms with E-state index in [-0.39, 0.29) is 24.5 Å². The lowest BCUT2D eigenvalue weighted by Gasteiger charge is -2.16. The highest BCUT2D eigenvalue weighted by molar-refractivity contribution is 5.85. The average Bonchev–Trinajstić information content (AvgIpc) is 2.13. The van der Waals surface area contributed by atoms with Crippen molar-refractivity contribution >= 4 is 11.8 Å². The fourth-order valence-electron chi connectivity index (χ4n) is 1.31. The molecular weight excluding hydrogens is 184 g/mol. The van der Waals surface area contributed by atoms with E-state index in [1.807, 2.05) is 6.92 Å². The standard InChI is InChI=1S/C10H18O4/c1-3-4-7(2)10(14)8(11)5-6-9(12)13/h7,10,14H,3-6H2,1-2H3,(H,12,13). The lowest BCUT2D eigenvalue weighted by atomic mass is 9.94. The molecule has 0 aromatic carbocycles. The van der Waals surface area contributed by atoms with Gasteiger partial charge in [0, 0.05) is 6.42 Å². The van der Waals surface area contributed by atoms with Crippen LogP contribution in [0.4, 0.5) is 0 Å². The Labute approximate surface area is 83.9 Å². The van der Waals surface area contributed by atoms with E-state index in [0.29, 0.717) is 0 Å². The number of Topliss-reactive ketones (excluding diaryl/α,β-unsaturated/α-hetero) is 1. The maximum absolute atomic E-state index is 11.3. The molecule has 0 aliphatic heterocycles. The third-order valence-electron chi connectivity index (χ3n) is 2.20. The van der Waals surface area contributed by atoms with Crippen molar-refractivity contribution in [2.45, 2.75) is 45.6 Å². The molecule has 82 valence electrons. The quantitative estimate of drug-likeness (QED) is 0.650. The monoisotopic (exact) mass is 202 g/mol. The van der Waals surface area contributed by atoms with Crippen LogP contribution in [-0.4, -0.2) is 28.1 Å². The second-order valence-corrected chi connectivity index (χ2v) is 3.57. The minimum atomic E-state index is -1.01. The molecule has 0 saturated carbocycles.